The van der Waals surface area contributed by atoms with Crippen molar-refractivity contribution in [1.82, 2.24) is 10.5 Å². The number of nitrogens with zero attached hydrogens (tertiary/aromatic N) is 1. The summed E-state index contributed by atoms with van der Waals surface area (Å²) in [6, 6.07) is 10.9. The van der Waals surface area contributed by atoms with Gasteiger partial charge in [0.1, 0.15) is 12.4 Å². The highest BCUT2D eigenvalue weighted by molar-refractivity contribution is 5.99. The second-order valence-corrected chi connectivity index (χ2v) is 7.32. The first-order valence-corrected chi connectivity index (χ1v) is 10.1. The minimum Gasteiger partial charge on any atom is -0.380 e. The SMILES string of the molecule is COCC(=O)Nc1cc(CNc2ccccc2C(=O)NOCC2CCCC2)ccn1. The molecule has 0 atom stereocenters. The molecule has 0 unspecified atom stereocenters. The van der Waals surface area contributed by atoms with Gasteiger partial charge in [0.25, 0.3) is 11.8 Å². The fourth-order valence-electron chi connectivity index (χ4n) is 3.45. The van der Waals surface area contributed by atoms with Crippen molar-refractivity contribution in [2.24, 2.45) is 5.92 Å². The van der Waals surface area contributed by atoms with Gasteiger partial charge in [-0.15, -0.1) is 0 Å². The Kier molecular flexibility index (Phi) is 8.17. The molecule has 2 aromatic rings. The molecule has 8 heteroatoms. The largest absolute Gasteiger partial charge is 0.380 e. The van der Waals surface area contributed by atoms with Gasteiger partial charge in [-0.2, -0.15) is 0 Å². The first kappa shape index (κ1) is 21.7. The summed E-state index contributed by atoms with van der Waals surface area (Å²) in [4.78, 5) is 33.8. The molecular formula is C22H28N4O4. The fraction of sp³-hybridized carbons (Fsp3) is 0.409. The van der Waals surface area contributed by atoms with Gasteiger partial charge in [0.15, 0.2) is 0 Å². The zero-order chi connectivity index (χ0) is 21.2. The van der Waals surface area contributed by atoms with Gasteiger partial charge >= 0.3 is 0 Å². The van der Waals surface area contributed by atoms with E-state index in [0.29, 0.717) is 36.1 Å². The third-order valence-electron chi connectivity index (χ3n) is 4.98. The Labute approximate surface area is 176 Å². The molecule has 0 saturated heterocycles. The fourth-order valence-corrected chi connectivity index (χ4v) is 3.45. The number of hydroxylamine groups is 1. The Hall–Kier alpha value is -2.97. The van der Waals surface area contributed by atoms with Crippen molar-refractivity contribution in [3.63, 3.8) is 0 Å². The lowest BCUT2D eigenvalue weighted by Gasteiger charge is -2.14. The van der Waals surface area contributed by atoms with Gasteiger partial charge in [-0.3, -0.25) is 14.4 Å². The van der Waals surface area contributed by atoms with Crippen LogP contribution in [0.25, 0.3) is 0 Å². The van der Waals surface area contributed by atoms with Gasteiger partial charge in [-0.1, -0.05) is 25.0 Å². The maximum absolute atomic E-state index is 12.5. The number of methoxy groups -OCH3 is 1. The number of rotatable bonds is 10. The molecule has 0 spiro atoms. The van der Waals surface area contributed by atoms with Gasteiger partial charge in [-0.05, 0) is 48.6 Å². The van der Waals surface area contributed by atoms with Crippen molar-refractivity contribution in [1.29, 1.82) is 0 Å². The van der Waals surface area contributed by atoms with E-state index in [0.717, 1.165) is 18.4 Å². The van der Waals surface area contributed by atoms with E-state index >= 15 is 0 Å². The van der Waals surface area contributed by atoms with Crippen LogP contribution < -0.4 is 16.1 Å². The number of amides is 2. The highest BCUT2D eigenvalue weighted by Crippen LogP contribution is 2.24. The Morgan fingerprint density at radius 2 is 1.97 bits per heavy atom. The molecule has 8 nitrogen and oxygen atoms in total. The summed E-state index contributed by atoms with van der Waals surface area (Å²) in [5.74, 6) is 0.430. The van der Waals surface area contributed by atoms with Crippen molar-refractivity contribution in [3.05, 3.63) is 53.7 Å². The van der Waals surface area contributed by atoms with Crippen molar-refractivity contribution in [2.45, 2.75) is 32.2 Å². The molecule has 1 aromatic heterocycles. The van der Waals surface area contributed by atoms with Gasteiger partial charge in [0.2, 0.25) is 0 Å². The molecule has 0 aliphatic heterocycles. The minimum absolute atomic E-state index is 0.0323. The predicted molar refractivity (Wildman–Crippen MR) is 114 cm³/mol. The number of nitrogens with one attached hydrogen (secondary N) is 3. The van der Waals surface area contributed by atoms with Crippen molar-refractivity contribution < 1.29 is 19.2 Å². The van der Waals surface area contributed by atoms with Gasteiger partial charge in [-0.25, -0.2) is 10.5 Å². The third-order valence-corrected chi connectivity index (χ3v) is 4.98. The van der Waals surface area contributed by atoms with Crippen LogP contribution in [0, 0.1) is 5.92 Å². The van der Waals surface area contributed by atoms with E-state index < -0.39 is 0 Å². The number of carbonyl (C=O) groups excluding carboxylic acids is 2. The molecule has 2 amide bonds. The molecule has 0 bridgehead atoms. The summed E-state index contributed by atoms with van der Waals surface area (Å²) >= 11 is 0. The standard InChI is InChI=1S/C22H28N4O4/c1-29-15-21(27)25-20-12-17(10-11-23-20)13-24-19-9-5-4-8-18(19)22(28)26-30-14-16-6-2-3-7-16/h4-5,8-12,16,24H,2-3,6-7,13-15H2,1H3,(H,26,28)(H,23,25,27). The number of ether oxygens (including phenoxy) is 1. The highest BCUT2D eigenvalue weighted by Gasteiger charge is 2.16. The summed E-state index contributed by atoms with van der Waals surface area (Å²) in [5.41, 5.74) is 4.67. The van der Waals surface area contributed by atoms with E-state index in [-0.39, 0.29) is 18.4 Å². The Balaban J connectivity index is 1.55. The van der Waals surface area contributed by atoms with Crippen LogP contribution in [0.15, 0.2) is 42.6 Å². The summed E-state index contributed by atoms with van der Waals surface area (Å²) in [5, 5.41) is 5.94. The number of hydrogen-bond acceptors (Lipinski definition) is 6. The first-order valence-electron chi connectivity index (χ1n) is 10.1. The predicted octanol–water partition coefficient (Wildman–Crippen LogP) is 3.13. The molecule has 1 aliphatic carbocycles. The van der Waals surface area contributed by atoms with Crippen LogP contribution in [0.3, 0.4) is 0 Å². The van der Waals surface area contributed by atoms with Crippen molar-refractivity contribution in [3.8, 4) is 0 Å². The Morgan fingerprint density at radius 1 is 1.17 bits per heavy atom. The average Bonchev–Trinajstić information content (AvgIpc) is 3.26. The molecule has 1 aliphatic rings. The number of para-hydroxylation sites is 1. The lowest BCUT2D eigenvalue weighted by molar-refractivity contribution is -0.119. The topological polar surface area (TPSA) is 102 Å². The summed E-state index contributed by atoms with van der Waals surface area (Å²) < 4.78 is 4.80. The van der Waals surface area contributed by atoms with E-state index in [1.54, 1.807) is 18.3 Å². The van der Waals surface area contributed by atoms with Gasteiger partial charge < -0.3 is 15.4 Å². The molecule has 3 N–H and O–H groups in total. The van der Waals surface area contributed by atoms with Gasteiger partial charge in [0, 0.05) is 25.5 Å². The van der Waals surface area contributed by atoms with E-state index in [2.05, 4.69) is 21.1 Å². The minimum atomic E-state index is -0.279. The summed E-state index contributed by atoms with van der Waals surface area (Å²) in [7, 11) is 1.46. The molecule has 1 heterocycles. The lowest BCUT2D eigenvalue weighted by atomic mass is 10.1. The second-order valence-electron chi connectivity index (χ2n) is 7.32. The first-order chi connectivity index (χ1) is 14.7. The summed E-state index contributed by atoms with van der Waals surface area (Å²) in [6.45, 7) is 0.980. The van der Waals surface area contributed by atoms with E-state index in [4.69, 9.17) is 9.57 Å². The molecule has 160 valence electrons. The van der Waals surface area contributed by atoms with E-state index in [1.165, 1.54) is 20.0 Å². The normalized spacial score (nSPS) is 13.8. The third kappa shape index (κ3) is 6.53. The van der Waals surface area contributed by atoms with Crippen LogP contribution in [0.2, 0.25) is 0 Å². The maximum atomic E-state index is 12.5. The van der Waals surface area contributed by atoms with Crippen LogP contribution in [-0.4, -0.2) is 37.1 Å². The van der Waals surface area contributed by atoms with E-state index in [1.807, 2.05) is 24.3 Å². The Morgan fingerprint density at radius 3 is 2.77 bits per heavy atom. The quantitative estimate of drug-likeness (QED) is 0.518. The average molecular weight is 412 g/mol. The van der Waals surface area contributed by atoms with Crippen molar-refractivity contribution in [2.75, 3.05) is 31.0 Å². The highest BCUT2D eigenvalue weighted by atomic mass is 16.7. The molecule has 1 aromatic carbocycles. The molecule has 0 radical (unpaired) electrons. The summed E-state index contributed by atoms with van der Waals surface area (Å²) in [6.07, 6.45) is 6.42. The van der Waals surface area contributed by atoms with Crippen LogP contribution >= 0.6 is 0 Å². The number of carbonyl (C=O) groups is 2. The van der Waals surface area contributed by atoms with Crippen LogP contribution in [-0.2, 0) is 20.9 Å². The van der Waals surface area contributed by atoms with Crippen LogP contribution in [0.5, 0.6) is 0 Å². The maximum Gasteiger partial charge on any atom is 0.276 e. The zero-order valence-electron chi connectivity index (χ0n) is 17.1. The van der Waals surface area contributed by atoms with E-state index in [9.17, 15) is 9.59 Å². The number of aromatic nitrogens is 1. The molecule has 30 heavy (non-hydrogen) atoms. The molecule has 1 saturated carbocycles. The molecular weight excluding hydrogens is 384 g/mol. The second kappa shape index (κ2) is 11.3. The molecule has 3 rings (SSSR count). The number of pyridine rings is 1. The smallest absolute Gasteiger partial charge is 0.276 e. The van der Waals surface area contributed by atoms with Crippen LogP contribution in [0.4, 0.5) is 11.5 Å². The number of benzene rings is 1. The van der Waals surface area contributed by atoms with Crippen LogP contribution in [0.1, 0.15) is 41.6 Å². The number of anilines is 2. The monoisotopic (exact) mass is 412 g/mol. The molecule has 1 fully saturated rings. The van der Waals surface area contributed by atoms with Crippen molar-refractivity contribution >= 4 is 23.3 Å². The lowest BCUT2D eigenvalue weighted by Crippen LogP contribution is -2.27. The number of hydrogen-bond donors (Lipinski definition) is 3. The Bertz CT molecular complexity index is 853. The zero-order valence-corrected chi connectivity index (χ0v) is 17.1. The van der Waals surface area contributed by atoms with Gasteiger partial charge in [0.05, 0.1) is 12.2 Å².